The molecule has 1 fully saturated rings. The van der Waals surface area contributed by atoms with Crippen molar-refractivity contribution in [3.63, 3.8) is 0 Å². The lowest BCUT2D eigenvalue weighted by molar-refractivity contribution is 0.460. The maximum atomic E-state index is 10.1. The van der Waals surface area contributed by atoms with Gasteiger partial charge in [-0.15, -0.1) is 0 Å². The van der Waals surface area contributed by atoms with Gasteiger partial charge < -0.3 is 10.4 Å². The zero-order chi connectivity index (χ0) is 12.4. The van der Waals surface area contributed by atoms with Crippen LogP contribution in [0, 0.1) is 0 Å². The lowest BCUT2D eigenvalue weighted by Gasteiger charge is -2.15. The molecule has 3 heteroatoms. The summed E-state index contributed by atoms with van der Waals surface area (Å²) in [4.78, 5) is 0. The summed E-state index contributed by atoms with van der Waals surface area (Å²) in [5.74, 6) is 0.861. The van der Waals surface area contributed by atoms with Gasteiger partial charge in [-0.25, -0.2) is 0 Å². The highest BCUT2D eigenvalue weighted by molar-refractivity contribution is 9.10. The smallest absolute Gasteiger partial charge is 0.119 e. The Labute approximate surface area is 112 Å². The zero-order valence-electron chi connectivity index (χ0n) is 10.5. The van der Waals surface area contributed by atoms with Crippen molar-refractivity contribution in [3.05, 3.63) is 27.7 Å². The Morgan fingerprint density at radius 1 is 1.47 bits per heavy atom. The van der Waals surface area contributed by atoms with Crippen molar-refractivity contribution in [2.45, 2.75) is 45.1 Å². The van der Waals surface area contributed by atoms with E-state index in [1.165, 1.54) is 18.4 Å². The molecule has 2 rings (SSSR count). The summed E-state index contributed by atoms with van der Waals surface area (Å²) in [5, 5.41) is 13.5. The van der Waals surface area contributed by atoms with Crippen LogP contribution in [0.15, 0.2) is 16.6 Å². The maximum Gasteiger partial charge on any atom is 0.119 e. The maximum absolute atomic E-state index is 10.1. The van der Waals surface area contributed by atoms with Gasteiger partial charge in [0.2, 0.25) is 0 Å². The third-order valence-corrected chi connectivity index (χ3v) is 4.14. The van der Waals surface area contributed by atoms with Gasteiger partial charge in [0.05, 0.1) is 0 Å². The third-order valence-electron chi connectivity index (χ3n) is 3.45. The molecular weight excluding hydrogens is 278 g/mol. The van der Waals surface area contributed by atoms with Crippen molar-refractivity contribution >= 4 is 15.9 Å². The van der Waals surface area contributed by atoms with Crippen molar-refractivity contribution in [2.75, 3.05) is 6.54 Å². The minimum absolute atomic E-state index is 0.425. The number of benzene rings is 1. The molecule has 1 atom stereocenters. The van der Waals surface area contributed by atoms with Gasteiger partial charge in [0.25, 0.3) is 0 Å². The molecule has 0 aliphatic carbocycles. The molecule has 0 saturated carbocycles. The van der Waals surface area contributed by atoms with Crippen LogP contribution in [-0.2, 0) is 6.42 Å². The average Bonchev–Trinajstić information content (AvgIpc) is 2.75. The number of phenolic OH excluding ortho intramolecular Hbond substituents is 1. The summed E-state index contributed by atoms with van der Waals surface area (Å²) < 4.78 is 1.11. The second kappa shape index (κ2) is 5.40. The first kappa shape index (κ1) is 12.9. The van der Waals surface area contributed by atoms with Gasteiger partial charge in [-0.05, 0) is 55.0 Å². The highest BCUT2D eigenvalue weighted by atomic mass is 79.9. The normalized spacial score (nSPS) is 20.1. The molecule has 1 aromatic rings. The van der Waals surface area contributed by atoms with E-state index < -0.39 is 0 Å². The third kappa shape index (κ3) is 3.02. The van der Waals surface area contributed by atoms with Gasteiger partial charge >= 0.3 is 0 Å². The minimum atomic E-state index is 0.425. The van der Waals surface area contributed by atoms with E-state index in [0.717, 1.165) is 23.0 Å². The van der Waals surface area contributed by atoms with Gasteiger partial charge in [0.15, 0.2) is 0 Å². The quantitative estimate of drug-likeness (QED) is 0.894. The highest BCUT2D eigenvalue weighted by Gasteiger charge is 2.17. The van der Waals surface area contributed by atoms with E-state index in [9.17, 15) is 5.11 Å². The first-order valence-corrected chi connectivity index (χ1v) is 7.12. The highest BCUT2D eigenvalue weighted by Crippen LogP contribution is 2.32. The molecule has 94 valence electrons. The molecule has 1 aromatic carbocycles. The predicted molar refractivity (Wildman–Crippen MR) is 74.6 cm³/mol. The summed E-state index contributed by atoms with van der Waals surface area (Å²) in [6, 6.07) is 4.50. The number of hydrogen-bond acceptors (Lipinski definition) is 2. The summed E-state index contributed by atoms with van der Waals surface area (Å²) >= 11 is 3.60. The Morgan fingerprint density at radius 3 is 2.82 bits per heavy atom. The molecular formula is C14H20BrNO. The molecule has 0 amide bonds. The van der Waals surface area contributed by atoms with Gasteiger partial charge in [-0.2, -0.15) is 0 Å². The first-order valence-electron chi connectivity index (χ1n) is 6.32. The molecule has 1 unspecified atom stereocenters. The molecule has 0 aromatic heterocycles. The molecule has 17 heavy (non-hydrogen) atoms. The number of phenols is 1. The van der Waals surface area contributed by atoms with Crippen LogP contribution in [0.25, 0.3) is 0 Å². The Balaban J connectivity index is 2.20. The van der Waals surface area contributed by atoms with Gasteiger partial charge in [0.1, 0.15) is 5.75 Å². The van der Waals surface area contributed by atoms with E-state index in [1.807, 2.05) is 6.07 Å². The SMILES string of the molecule is CC(C)c1cc(O)c(CC2CCCN2)cc1Br. The van der Waals surface area contributed by atoms with Crippen LogP contribution in [0.2, 0.25) is 0 Å². The van der Waals surface area contributed by atoms with Crippen molar-refractivity contribution in [3.8, 4) is 5.75 Å². The number of rotatable bonds is 3. The van der Waals surface area contributed by atoms with Crippen LogP contribution < -0.4 is 5.32 Å². The monoisotopic (exact) mass is 297 g/mol. The van der Waals surface area contributed by atoms with Gasteiger partial charge in [0, 0.05) is 10.5 Å². The van der Waals surface area contributed by atoms with E-state index in [2.05, 4.69) is 41.2 Å². The van der Waals surface area contributed by atoms with Crippen molar-refractivity contribution < 1.29 is 5.11 Å². The Bertz CT molecular complexity index is 397. The summed E-state index contributed by atoms with van der Waals surface area (Å²) in [6.45, 7) is 5.38. The van der Waals surface area contributed by atoms with Crippen LogP contribution >= 0.6 is 15.9 Å². The van der Waals surface area contributed by atoms with Crippen molar-refractivity contribution in [2.24, 2.45) is 0 Å². The number of hydrogen-bond donors (Lipinski definition) is 2. The molecule has 1 aliphatic rings. The fourth-order valence-electron chi connectivity index (χ4n) is 2.42. The van der Waals surface area contributed by atoms with E-state index in [0.29, 0.717) is 17.7 Å². The second-order valence-corrected chi connectivity index (χ2v) is 6.01. The molecule has 1 aliphatic heterocycles. The fraction of sp³-hybridized carbons (Fsp3) is 0.571. The second-order valence-electron chi connectivity index (χ2n) is 5.15. The molecule has 0 spiro atoms. The largest absolute Gasteiger partial charge is 0.508 e. The van der Waals surface area contributed by atoms with E-state index in [4.69, 9.17) is 0 Å². The van der Waals surface area contributed by atoms with E-state index in [1.54, 1.807) is 0 Å². The van der Waals surface area contributed by atoms with Crippen molar-refractivity contribution in [1.82, 2.24) is 5.32 Å². The first-order chi connectivity index (χ1) is 8.08. The lowest BCUT2D eigenvalue weighted by Crippen LogP contribution is -2.23. The minimum Gasteiger partial charge on any atom is -0.508 e. The van der Waals surface area contributed by atoms with Crippen molar-refractivity contribution in [1.29, 1.82) is 0 Å². The van der Waals surface area contributed by atoms with E-state index in [-0.39, 0.29) is 0 Å². The predicted octanol–water partition coefficient (Wildman–Crippen LogP) is 3.57. The Hall–Kier alpha value is -0.540. The summed E-state index contributed by atoms with van der Waals surface area (Å²) in [5.41, 5.74) is 2.21. The standard InChI is InChI=1S/C14H20BrNO/c1-9(2)12-8-14(17)10(7-13(12)15)6-11-4-3-5-16-11/h7-9,11,16-17H,3-6H2,1-2H3. The van der Waals surface area contributed by atoms with Gasteiger partial charge in [-0.3, -0.25) is 0 Å². The Kier molecular flexibility index (Phi) is 4.10. The van der Waals surface area contributed by atoms with Crippen LogP contribution in [0.5, 0.6) is 5.75 Å². The number of halogens is 1. The van der Waals surface area contributed by atoms with E-state index >= 15 is 0 Å². The number of nitrogens with one attached hydrogen (secondary N) is 1. The summed E-state index contributed by atoms with van der Waals surface area (Å²) in [6.07, 6.45) is 3.38. The topological polar surface area (TPSA) is 32.3 Å². The zero-order valence-corrected chi connectivity index (χ0v) is 12.0. The average molecular weight is 298 g/mol. The fourth-order valence-corrected chi connectivity index (χ4v) is 3.27. The van der Waals surface area contributed by atoms with Crippen LogP contribution in [-0.4, -0.2) is 17.7 Å². The lowest BCUT2D eigenvalue weighted by atomic mass is 9.97. The molecule has 0 radical (unpaired) electrons. The molecule has 1 heterocycles. The molecule has 1 saturated heterocycles. The Morgan fingerprint density at radius 2 is 2.24 bits per heavy atom. The molecule has 2 N–H and O–H groups in total. The van der Waals surface area contributed by atoms with Gasteiger partial charge in [-0.1, -0.05) is 29.8 Å². The van der Waals surface area contributed by atoms with Crippen LogP contribution in [0.3, 0.4) is 0 Å². The van der Waals surface area contributed by atoms with Crippen LogP contribution in [0.4, 0.5) is 0 Å². The van der Waals surface area contributed by atoms with Crippen LogP contribution in [0.1, 0.15) is 43.7 Å². The molecule has 2 nitrogen and oxygen atoms in total. The molecule has 0 bridgehead atoms. The summed E-state index contributed by atoms with van der Waals surface area (Å²) in [7, 11) is 0. The number of aromatic hydroxyl groups is 1.